The van der Waals surface area contributed by atoms with Gasteiger partial charge in [0.15, 0.2) is 10.3 Å². The van der Waals surface area contributed by atoms with Crippen LogP contribution in [0.3, 0.4) is 0 Å². The summed E-state index contributed by atoms with van der Waals surface area (Å²) in [5, 5.41) is 4.28. The number of thioether (sulfide) groups is 1. The molecule has 0 fully saturated rings. The van der Waals surface area contributed by atoms with Crippen molar-refractivity contribution in [3.05, 3.63) is 57.8 Å². The number of amides is 1. The molecule has 0 aliphatic rings. The van der Waals surface area contributed by atoms with Crippen LogP contribution in [-0.4, -0.2) is 39.4 Å². The van der Waals surface area contributed by atoms with Crippen molar-refractivity contribution >= 4 is 66.9 Å². The van der Waals surface area contributed by atoms with Gasteiger partial charge in [-0.05, 0) is 37.3 Å². The van der Waals surface area contributed by atoms with E-state index in [0.717, 1.165) is 10.2 Å². The molecule has 0 saturated heterocycles. The number of nitrogens with zero attached hydrogens (tertiary/aromatic N) is 3. The lowest BCUT2D eigenvalue weighted by atomic mass is 10.2. The fourth-order valence-electron chi connectivity index (χ4n) is 2.99. The number of para-hydroxylation sites is 1. The number of nitrogens with one attached hydrogen (secondary N) is 1. The Morgan fingerprint density at radius 1 is 1.26 bits per heavy atom. The number of hydrogen-bond donors (Lipinski definition) is 1. The highest BCUT2D eigenvalue weighted by Crippen LogP contribution is 2.28. The summed E-state index contributed by atoms with van der Waals surface area (Å²) in [6, 6.07) is 12.7. The summed E-state index contributed by atoms with van der Waals surface area (Å²) in [7, 11) is 1.57. The van der Waals surface area contributed by atoms with E-state index in [-0.39, 0.29) is 11.5 Å². The summed E-state index contributed by atoms with van der Waals surface area (Å²) in [5.41, 5.74) is 1.14. The lowest BCUT2D eigenvalue weighted by Crippen LogP contribution is -2.28. The Morgan fingerprint density at radius 3 is 2.84 bits per heavy atom. The summed E-state index contributed by atoms with van der Waals surface area (Å²) < 4.78 is 7.68. The molecule has 4 rings (SSSR count). The minimum atomic E-state index is -0.510. The Bertz CT molecular complexity index is 1290. The van der Waals surface area contributed by atoms with Crippen molar-refractivity contribution in [2.75, 3.05) is 19.0 Å². The van der Waals surface area contributed by atoms with Crippen molar-refractivity contribution in [1.29, 1.82) is 0 Å². The van der Waals surface area contributed by atoms with Gasteiger partial charge in [0.1, 0.15) is 0 Å². The van der Waals surface area contributed by atoms with Crippen molar-refractivity contribution in [1.82, 2.24) is 14.5 Å². The summed E-state index contributed by atoms with van der Waals surface area (Å²) in [4.78, 5) is 34.9. The first-order valence-electron chi connectivity index (χ1n) is 9.48. The molecule has 4 aromatic rings. The van der Waals surface area contributed by atoms with Gasteiger partial charge in [-0.2, -0.15) is 0 Å². The Labute approximate surface area is 191 Å². The van der Waals surface area contributed by atoms with E-state index in [0.29, 0.717) is 39.4 Å². The number of rotatable bonds is 7. The van der Waals surface area contributed by atoms with Crippen molar-refractivity contribution in [3.8, 4) is 0 Å². The van der Waals surface area contributed by atoms with Gasteiger partial charge in [-0.1, -0.05) is 46.8 Å². The van der Waals surface area contributed by atoms with Crippen LogP contribution < -0.4 is 10.9 Å². The van der Waals surface area contributed by atoms with Gasteiger partial charge < -0.3 is 10.1 Å². The molecule has 0 radical (unpaired) electrons. The second-order valence-electron chi connectivity index (χ2n) is 6.74. The third-order valence-electron chi connectivity index (χ3n) is 4.58. The molecular formula is C21H19ClN4O3S2. The number of hydrogen-bond acceptors (Lipinski definition) is 7. The zero-order valence-electron chi connectivity index (χ0n) is 16.8. The first-order chi connectivity index (χ1) is 15.0. The average Bonchev–Trinajstić information content (AvgIpc) is 3.15. The van der Waals surface area contributed by atoms with E-state index in [1.807, 2.05) is 24.3 Å². The molecule has 160 valence electrons. The maximum Gasteiger partial charge on any atom is 0.262 e. The van der Waals surface area contributed by atoms with Crippen LogP contribution >= 0.6 is 34.7 Å². The predicted molar refractivity (Wildman–Crippen MR) is 126 cm³/mol. The molecule has 0 saturated carbocycles. The fraction of sp³-hybridized carbons (Fsp3) is 0.238. The highest BCUT2D eigenvalue weighted by Gasteiger charge is 2.21. The zero-order chi connectivity index (χ0) is 22.0. The van der Waals surface area contributed by atoms with Crippen molar-refractivity contribution in [2.24, 2.45) is 0 Å². The minimum Gasteiger partial charge on any atom is -0.383 e. The fourth-order valence-corrected chi connectivity index (χ4v) is 4.96. The molecule has 0 aliphatic carbocycles. The molecule has 1 N–H and O–H groups in total. The molecular weight excluding hydrogens is 456 g/mol. The van der Waals surface area contributed by atoms with Gasteiger partial charge in [-0.25, -0.2) is 9.97 Å². The van der Waals surface area contributed by atoms with Gasteiger partial charge in [0.2, 0.25) is 5.91 Å². The van der Waals surface area contributed by atoms with Crippen molar-refractivity contribution in [2.45, 2.75) is 23.9 Å². The van der Waals surface area contributed by atoms with E-state index in [4.69, 9.17) is 16.3 Å². The number of fused-ring (bicyclic) bond motifs is 2. The molecule has 31 heavy (non-hydrogen) atoms. The largest absolute Gasteiger partial charge is 0.383 e. The number of anilines is 1. The molecule has 1 unspecified atom stereocenters. The molecule has 0 aliphatic heterocycles. The third-order valence-corrected chi connectivity index (χ3v) is 6.85. The topological polar surface area (TPSA) is 86.1 Å². The number of benzene rings is 2. The van der Waals surface area contributed by atoms with E-state index >= 15 is 0 Å². The van der Waals surface area contributed by atoms with Gasteiger partial charge in [-0.3, -0.25) is 14.2 Å². The predicted octanol–water partition coefficient (Wildman–Crippen LogP) is 4.43. The van der Waals surface area contributed by atoms with Crippen LogP contribution in [0.4, 0.5) is 5.13 Å². The summed E-state index contributed by atoms with van der Waals surface area (Å²) in [5.74, 6) is -0.220. The standard InChI is InChI=1S/C21H19ClN4O3S2/c1-12(18(27)25-20-23-15-5-3-4-6-17(15)31-20)30-21-24-16-11-13(22)7-8-14(16)19(28)26(21)9-10-29-2/h3-8,11-12H,9-10H2,1-2H3,(H,23,25,27). The first-order valence-corrected chi connectivity index (χ1v) is 11.6. The number of halogens is 1. The van der Waals surface area contributed by atoms with Crippen LogP contribution in [0.2, 0.25) is 5.02 Å². The quantitative estimate of drug-likeness (QED) is 0.315. The smallest absolute Gasteiger partial charge is 0.262 e. The first kappa shape index (κ1) is 21.8. The Morgan fingerprint density at radius 2 is 2.06 bits per heavy atom. The van der Waals surface area contributed by atoms with Crippen LogP contribution in [-0.2, 0) is 16.1 Å². The molecule has 2 heterocycles. The van der Waals surface area contributed by atoms with Gasteiger partial charge in [0.25, 0.3) is 5.56 Å². The van der Waals surface area contributed by atoms with Crippen LogP contribution in [0.1, 0.15) is 6.92 Å². The Hall–Kier alpha value is -2.46. The second-order valence-corrected chi connectivity index (χ2v) is 9.52. The van der Waals surface area contributed by atoms with E-state index in [2.05, 4.69) is 15.3 Å². The zero-order valence-corrected chi connectivity index (χ0v) is 19.2. The molecule has 7 nitrogen and oxygen atoms in total. The SMILES string of the molecule is COCCn1c(SC(C)C(=O)Nc2nc3ccccc3s2)nc2cc(Cl)ccc2c1=O. The number of carbonyl (C=O) groups excluding carboxylic acids is 1. The van der Waals surface area contributed by atoms with Crippen molar-refractivity contribution < 1.29 is 9.53 Å². The number of thiazole rings is 1. The number of carbonyl (C=O) groups is 1. The van der Waals surface area contributed by atoms with Crippen LogP contribution in [0.5, 0.6) is 0 Å². The highest BCUT2D eigenvalue weighted by molar-refractivity contribution is 8.00. The third kappa shape index (κ3) is 4.74. The van der Waals surface area contributed by atoms with Crippen molar-refractivity contribution in [3.63, 3.8) is 0 Å². The molecule has 2 aromatic carbocycles. The van der Waals surface area contributed by atoms with Gasteiger partial charge in [0, 0.05) is 12.1 Å². The second kappa shape index (κ2) is 9.35. The van der Waals surface area contributed by atoms with Crippen LogP contribution in [0, 0.1) is 0 Å². The number of methoxy groups -OCH3 is 1. The molecule has 10 heteroatoms. The molecule has 2 aromatic heterocycles. The summed E-state index contributed by atoms with van der Waals surface area (Å²) >= 11 is 8.70. The minimum absolute atomic E-state index is 0.194. The van der Waals surface area contributed by atoms with Gasteiger partial charge in [0.05, 0.1) is 39.5 Å². The van der Waals surface area contributed by atoms with Gasteiger partial charge in [-0.15, -0.1) is 0 Å². The molecule has 0 spiro atoms. The maximum atomic E-state index is 13.0. The van der Waals surface area contributed by atoms with Crippen LogP contribution in [0.15, 0.2) is 52.4 Å². The number of ether oxygens (including phenoxy) is 1. The summed E-state index contributed by atoms with van der Waals surface area (Å²) in [6.07, 6.45) is 0. The molecule has 1 atom stereocenters. The normalized spacial score (nSPS) is 12.4. The Balaban J connectivity index is 1.60. The molecule has 1 amide bonds. The van der Waals surface area contributed by atoms with Gasteiger partial charge >= 0.3 is 0 Å². The van der Waals surface area contributed by atoms with E-state index in [1.54, 1.807) is 32.2 Å². The molecule has 0 bridgehead atoms. The monoisotopic (exact) mass is 474 g/mol. The maximum absolute atomic E-state index is 13.0. The number of aromatic nitrogens is 3. The summed E-state index contributed by atoms with van der Waals surface area (Å²) in [6.45, 7) is 2.44. The highest BCUT2D eigenvalue weighted by atomic mass is 35.5. The van der Waals surface area contributed by atoms with E-state index < -0.39 is 5.25 Å². The lowest BCUT2D eigenvalue weighted by Gasteiger charge is -2.15. The average molecular weight is 475 g/mol. The van der Waals surface area contributed by atoms with E-state index in [9.17, 15) is 9.59 Å². The Kier molecular flexibility index (Phi) is 6.57. The lowest BCUT2D eigenvalue weighted by molar-refractivity contribution is -0.115. The van der Waals surface area contributed by atoms with Crippen LogP contribution in [0.25, 0.3) is 21.1 Å². The van der Waals surface area contributed by atoms with E-state index in [1.165, 1.54) is 27.7 Å².